The number of hydrogen-bond donors (Lipinski definition) is 0. The Balaban J connectivity index is 2.03. The van der Waals surface area contributed by atoms with E-state index in [9.17, 15) is 14.4 Å². The van der Waals surface area contributed by atoms with Crippen molar-refractivity contribution in [3.8, 4) is 0 Å². The van der Waals surface area contributed by atoms with E-state index in [-0.39, 0.29) is 30.6 Å². The summed E-state index contributed by atoms with van der Waals surface area (Å²) in [6, 6.07) is -0.549. The Hall–Kier alpha value is -1.65. The lowest BCUT2D eigenvalue weighted by Gasteiger charge is -2.41. The van der Waals surface area contributed by atoms with Gasteiger partial charge in [0.2, 0.25) is 17.7 Å². The molecule has 0 aromatic heterocycles. The summed E-state index contributed by atoms with van der Waals surface area (Å²) < 4.78 is 0. The van der Waals surface area contributed by atoms with Crippen molar-refractivity contribution in [3.05, 3.63) is 12.7 Å². The van der Waals surface area contributed by atoms with Crippen molar-refractivity contribution >= 4 is 17.7 Å². The largest absolute Gasteiger partial charge is 0.334 e. The van der Waals surface area contributed by atoms with Crippen LogP contribution in [0.25, 0.3) is 0 Å². The molecule has 0 radical (unpaired) electrons. The van der Waals surface area contributed by atoms with Crippen molar-refractivity contribution in [2.45, 2.75) is 18.9 Å². The Morgan fingerprint density at radius 2 is 1.87 bits per heavy atom. The van der Waals surface area contributed by atoms with Crippen LogP contribution in [0.3, 0.4) is 0 Å². The Morgan fingerprint density at radius 1 is 1.27 bits per heavy atom. The Bertz CT molecular complexity index is 335. The molecule has 5 heteroatoms. The molecule has 2 aliphatic heterocycles. The number of hydrogen-bond acceptors (Lipinski definition) is 3. The summed E-state index contributed by atoms with van der Waals surface area (Å²) in [6.07, 6.45) is 2.11. The molecule has 0 saturated carbocycles. The lowest BCUT2D eigenvalue weighted by atomic mass is 10.1. The first kappa shape index (κ1) is 9.89. The molecule has 2 aliphatic rings. The van der Waals surface area contributed by atoms with Gasteiger partial charge in [-0.15, -0.1) is 6.58 Å². The van der Waals surface area contributed by atoms with Gasteiger partial charge >= 0.3 is 0 Å². The number of β-lactam (4-membered cyclic amide) rings is 1. The van der Waals surface area contributed by atoms with Crippen molar-refractivity contribution in [1.29, 1.82) is 0 Å². The van der Waals surface area contributed by atoms with E-state index in [1.807, 2.05) is 0 Å². The summed E-state index contributed by atoms with van der Waals surface area (Å²) >= 11 is 0. The van der Waals surface area contributed by atoms with E-state index in [4.69, 9.17) is 0 Å². The van der Waals surface area contributed by atoms with Crippen LogP contribution in [-0.2, 0) is 14.4 Å². The molecule has 0 spiro atoms. The number of rotatable bonds is 3. The predicted octanol–water partition coefficient (Wildman–Crippen LogP) is -0.468. The fraction of sp³-hybridized carbons (Fsp3) is 0.500. The highest BCUT2D eigenvalue weighted by Gasteiger charge is 2.46. The first-order valence-corrected chi connectivity index (χ1v) is 4.89. The minimum Gasteiger partial charge on any atom is -0.334 e. The Kier molecular flexibility index (Phi) is 2.30. The van der Waals surface area contributed by atoms with Crippen LogP contribution in [0.1, 0.15) is 12.8 Å². The van der Waals surface area contributed by atoms with Gasteiger partial charge in [-0.1, -0.05) is 6.08 Å². The number of carbonyl (C=O) groups is 3. The lowest BCUT2D eigenvalue weighted by molar-refractivity contribution is -0.160. The van der Waals surface area contributed by atoms with E-state index in [1.54, 1.807) is 11.0 Å². The molecule has 0 aliphatic carbocycles. The van der Waals surface area contributed by atoms with E-state index < -0.39 is 6.04 Å². The highest BCUT2D eigenvalue weighted by atomic mass is 16.2. The Morgan fingerprint density at radius 3 is 2.33 bits per heavy atom. The van der Waals surface area contributed by atoms with Gasteiger partial charge in [-0.2, -0.15) is 0 Å². The molecule has 1 atom stereocenters. The zero-order chi connectivity index (χ0) is 11.0. The van der Waals surface area contributed by atoms with Crippen molar-refractivity contribution in [3.63, 3.8) is 0 Å². The van der Waals surface area contributed by atoms with E-state index in [1.165, 1.54) is 0 Å². The van der Waals surface area contributed by atoms with Gasteiger partial charge in [0.15, 0.2) is 0 Å². The maximum atomic E-state index is 11.6. The van der Waals surface area contributed by atoms with Gasteiger partial charge in [-0.05, 0) is 0 Å². The zero-order valence-corrected chi connectivity index (χ0v) is 8.31. The molecule has 2 saturated heterocycles. The van der Waals surface area contributed by atoms with Crippen LogP contribution >= 0.6 is 0 Å². The fourth-order valence-corrected chi connectivity index (χ4v) is 1.93. The van der Waals surface area contributed by atoms with Gasteiger partial charge < -0.3 is 4.90 Å². The van der Waals surface area contributed by atoms with Crippen molar-refractivity contribution in [2.75, 3.05) is 13.1 Å². The van der Waals surface area contributed by atoms with E-state index in [0.29, 0.717) is 13.1 Å². The molecule has 2 rings (SSSR count). The maximum Gasteiger partial charge on any atom is 0.248 e. The zero-order valence-electron chi connectivity index (χ0n) is 8.31. The first-order chi connectivity index (χ1) is 7.15. The SMILES string of the molecule is C=CCN1CC(N2C(=O)CCC2=O)C1=O. The quantitative estimate of drug-likeness (QED) is 0.358. The predicted molar refractivity (Wildman–Crippen MR) is 51.7 cm³/mol. The highest BCUT2D eigenvalue weighted by Crippen LogP contribution is 2.23. The third-order valence-corrected chi connectivity index (χ3v) is 2.74. The Labute approximate surface area is 87.3 Å². The lowest BCUT2D eigenvalue weighted by Crippen LogP contribution is -2.64. The van der Waals surface area contributed by atoms with E-state index >= 15 is 0 Å². The molecule has 1 unspecified atom stereocenters. The second kappa shape index (κ2) is 3.49. The molecular weight excluding hydrogens is 196 g/mol. The molecule has 15 heavy (non-hydrogen) atoms. The summed E-state index contributed by atoms with van der Waals surface area (Å²) in [5.74, 6) is -0.605. The highest BCUT2D eigenvalue weighted by molar-refractivity contribution is 6.07. The minimum absolute atomic E-state index is 0.154. The second-order valence-electron chi connectivity index (χ2n) is 3.71. The number of nitrogens with zero attached hydrogens (tertiary/aromatic N) is 2. The van der Waals surface area contributed by atoms with E-state index in [2.05, 4.69) is 6.58 Å². The number of carbonyl (C=O) groups excluding carboxylic acids is 3. The molecule has 0 aromatic carbocycles. The molecule has 2 heterocycles. The molecule has 0 aromatic rings. The molecule has 3 amide bonds. The van der Waals surface area contributed by atoms with Crippen LogP contribution in [0.15, 0.2) is 12.7 Å². The van der Waals surface area contributed by atoms with Crippen LogP contribution in [0.5, 0.6) is 0 Å². The number of amides is 3. The standard InChI is InChI=1S/C10H12N2O3/c1-2-5-11-6-7(10(11)15)12-8(13)3-4-9(12)14/h2,7H,1,3-6H2. The summed E-state index contributed by atoms with van der Waals surface area (Å²) in [6.45, 7) is 4.45. The molecular formula is C10H12N2O3. The summed E-state index contributed by atoms with van der Waals surface area (Å²) in [7, 11) is 0. The van der Waals surface area contributed by atoms with Crippen molar-refractivity contribution in [1.82, 2.24) is 9.80 Å². The topological polar surface area (TPSA) is 57.7 Å². The fourth-order valence-electron chi connectivity index (χ4n) is 1.93. The van der Waals surface area contributed by atoms with Gasteiger partial charge in [-0.3, -0.25) is 19.3 Å². The molecule has 5 nitrogen and oxygen atoms in total. The van der Waals surface area contributed by atoms with Crippen LogP contribution in [-0.4, -0.2) is 46.7 Å². The summed E-state index contributed by atoms with van der Waals surface area (Å²) in [5.41, 5.74) is 0. The average Bonchev–Trinajstić information content (AvgIpc) is 2.53. The molecule has 0 bridgehead atoms. The number of likely N-dealkylation sites (tertiary alicyclic amines) is 2. The van der Waals surface area contributed by atoms with Crippen LogP contribution < -0.4 is 0 Å². The summed E-state index contributed by atoms with van der Waals surface area (Å²) in [4.78, 5) is 36.9. The van der Waals surface area contributed by atoms with Crippen molar-refractivity contribution in [2.24, 2.45) is 0 Å². The van der Waals surface area contributed by atoms with Crippen molar-refractivity contribution < 1.29 is 14.4 Å². The van der Waals surface area contributed by atoms with Gasteiger partial charge in [-0.25, -0.2) is 0 Å². The molecule has 80 valence electrons. The molecule has 2 fully saturated rings. The number of imide groups is 1. The summed E-state index contributed by atoms with van der Waals surface area (Å²) in [5, 5.41) is 0. The van der Waals surface area contributed by atoms with Crippen LogP contribution in [0, 0.1) is 0 Å². The van der Waals surface area contributed by atoms with Gasteiger partial charge in [0, 0.05) is 19.4 Å². The normalized spacial score (nSPS) is 25.9. The average molecular weight is 208 g/mol. The third kappa shape index (κ3) is 1.44. The minimum atomic E-state index is -0.549. The monoisotopic (exact) mass is 208 g/mol. The van der Waals surface area contributed by atoms with Gasteiger partial charge in [0.1, 0.15) is 6.04 Å². The van der Waals surface area contributed by atoms with Crippen LogP contribution in [0.2, 0.25) is 0 Å². The third-order valence-electron chi connectivity index (χ3n) is 2.74. The smallest absolute Gasteiger partial charge is 0.248 e. The maximum absolute atomic E-state index is 11.6. The second-order valence-corrected chi connectivity index (χ2v) is 3.71. The van der Waals surface area contributed by atoms with Gasteiger partial charge in [0.05, 0.1) is 6.54 Å². The van der Waals surface area contributed by atoms with Crippen LogP contribution in [0.4, 0.5) is 0 Å². The first-order valence-electron chi connectivity index (χ1n) is 4.89. The van der Waals surface area contributed by atoms with E-state index in [0.717, 1.165) is 4.90 Å². The molecule has 0 N–H and O–H groups in total. The van der Waals surface area contributed by atoms with Gasteiger partial charge in [0.25, 0.3) is 0 Å².